The van der Waals surface area contributed by atoms with Crippen LogP contribution in [0.25, 0.3) is 11.0 Å². The molecule has 0 unspecified atom stereocenters. The Morgan fingerprint density at radius 1 is 1.41 bits per heavy atom. The molecule has 0 fully saturated rings. The Bertz CT molecular complexity index is 585. The summed E-state index contributed by atoms with van der Waals surface area (Å²) in [6.07, 6.45) is 0. The summed E-state index contributed by atoms with van der Waals surface area (Å²) in [7, 11) is 0. The number of aryl methyl sites for hydroxylation is 2. The van der Waals surface area contributed by atoms with Crippen LogP contribution in [0.5, 0.6) is 0 Å². The fourth-order valence-electron chi connectivity index (χ4n) is 2.39. The zero-order chi connectivity index (χ0) is 12.6. The first-order chi connectivity index (χ1) is 8.10. The number of benzene rings is 1. The molecule has 4 nitrogen and oxygen atoms in total. The number of carboxylic acids is 1. The molecular weight excluding hydrogens is 216 g/mol. The van der Waals surface area contributed by atoms with Crippen molar-refractivity contribution in [3.63, 3.8) is 0 Å². The van der Waals surface area contributed by atoms with Gasteiger partial charge in [-0.2, -0.15) is 0 Å². The van der Waals surface area contributed by atoms with Gasteiger partial charge in [0.2, 0.25) is 0 Å². The van der Waals surface area contributed by atoms with E-state index in [0.717, 1.165) is 29.9 Å². The molecule has 1 heterocycles. The number of hydrogen-bond donors (Lipinski definition) is 1. The fourth-order valence-corrected chi connectivity index (χ4v) is 2.39. The van der Waals surface area contributed by atoms with Crippen LogP contribution < -0.4 is 4.57 Å². The van der Waals surface area contributed by atoms with Crippen molar-refractivity contribution in [2.45, 2.75) is 33.9 Å². The molecule has 4 heteroatoms. The van der Waals surface area contributed by atoms with E-state index in [2.05, 4.69) is 29.9 Å². The lowest BCUT2D eigenvalue weighted by Crippen LogP contribution is -2.35. The minimum Gasteiger partial charge on any atom is -0.478 e. The normalized spacial score (nSPS) is 11.0. The number of carbonyl (C=O) groups is 1. The molecule has 1 aromatic carbocycles. The van der Waals surface area contributed by atoms with Crippen LogP contribution in [0.15, 0.2) is 18.2 Å². The maximum absolute atomic E-state index is 11.0. The molecule has 0 spiro atoms. The molecule has 2 aromatic rings. The first kappa shape index (κ1) is 11.6. The zero-order valence-corrected chi connectivity index (χ0v) is 10.4. The van der Waals surface area contributed by atoms with E-state index in [1.54, 1.807) is 12.1 Å². The molecule has 90 valence electrons. The van der Waals surface area contributed by atoms with Crippen LogP contribution in [-0.4, -0.2) is 15.6 Å². The van der Waals surface area contributed by atoms with Crippen molar-refractivity contribution in [2.75, 3.05) is 0 Å². The minimum atomic E-state index is -0.878. The van der Waals surface area contributed by atoms with E-state index in [0.29, 0.717) is 5.56 Å². The summed E-state index contributed by atoms with van der Waals surface area (Å²) in [6.45, 7) is 7.96. The van der Waals surface area contributed by atoms with Gasteiger partial charge >= 0.3 is 5.97 Å². The second-order valence-electron chi connectivity index (χ2n) is 4.04. The van der Waals surface area contributed by atoms with Gasteiger partial charge in [0.25, 0.3) is 5.82 Å². The van der Waals surface area contributed by atoms with Gasteiger partial charge in [0.15, 0.2) is 11.0 Å². The van der Waals surface area contributed by atoms with E-state index in [4.69, 9.17) is 5.11 Å². The summed E-state index contributed by atoms with van der Waals surface area (Å²) in [6, 6.07) is 5.30. The highest BCUT2D eigenvalue weighted by Gasteiger charge is 2.20. The van der Waals surface area contributed by atoms with Gasteiger partial charge in [0.05, 0.1) is 18.7 Å². The Labute approximate surface area is 100 Å². The number of carboxylic acid groups (broad SMARTS) is 1. The van der Waals surface area contributed by atoms with Crippen molar-refractivity contribution in [1.29, 1.82) is 0 Å². The quantitative estimate of drug-likeness (QED) is 0.824. The third-order valence-corrected chi connectivity index (χ3v) is 3.22. The molecule has 1 aromatic heterocycles. The predicted molar refractivity (Wildman–Crippen MR) is 65.2 cm³/mol. The average molecular weight is 233 g/mol. The molecule has 2 rings (SSSR count). The van der Waals surface area contributed by atoms with E-state index >= 15 is 0 Å². The number of nitrogens with zero attached hydrogens (tertiary/aromatic N) is 2. The molecule has 0 radical (unpaired) electrons. The number of aromatic nitrogens is 2. The highest BCUT2D eigenvalue weighted by Crippen LogP contribution is 2.16. The Kier molecular flexibility index (Phi) is 2.88. The summed E-state index contributed by atoms with van der Waals surface area (Å²) in [4.78, 5) is 11.0. The fraction of sp³-hybridized carbons (Fsp3) is 0.385. The highest BCUT2D eigenvalue weighted by atomic mass is 16.4. The summed E-state index contributed by atoms with van der Waals surface area (Å²) >= 11 is 0. The van der Waals surface area contributed by atoms with Gasteiger partial charge in [0, 0.05) is 13.0 Å². The van der Waals surface area contributed by atoms with E-state index in [1.807, 2.05) is 6.07 Å². The second-order valence-corrected chi connectivity index (χ2v) is 4.04. The molecule has 0 atom stereocenters. The number of hydrogen-bond acceptors (Lipinski definition) is 1. The van der Waals surface area contributed by atoms with Crippen LogP contribution in [0.1, 0.15) is 30.0 Å². The minimum absolute atomic E-state index is 0.341. The molecular formula is C13H17N2O2+. The number of fused-ring (bicyclic) bond motifs is 1. The van der Waals surface area contributed by atoms with Crippen molar-refractivity contribution < 1.29 is 14.5 Å². The first-order valence-corrected chi connectivity index (χ1v) is 5.86. The van der Waals surface area contributed by atoms with Gasteiger partial charge in [-0.25, -0.2) is 13.9 Å². The van der Waals surface area contributed by atoms with Crippen molar-refractivity contribution >= 4 is 17.0 Å². The Balaban J connectivity index is 2.80. The van der Waals surface area contributed by atoms with Crippen molar-refractivity contribution in [3.05, 3.63) is 29.6 Å². The Morgan fingerprint density at radius 2 is 2.12 bits per heavy atom. The molecule has 0 saturated carbocycles. The van der Waals surface area contributed by atoms with Crippen LogP contribution in [0.4, 0.5) is 0 Å². The summed E-state index contributed by atoms with van der Waals surface area (Å²) in [5.74, 6) is 0.281. The van der Waals surface area contributed by atoms with Gasteiger partial charge in [-0.1, -0.05) is 0 Å². The van der Waals surface area contributed by atoms with Gasteiger partial charge in [-0.15, -0.1) is 0 Å². The maximum Gasteiger partial charge on any atom is 0.335 e. The second kappa shape index (κ2) is 4.20. The standard InChI is InChI=1S/C13H16N2O2/c1-4-14-9(3)15(5-2)12-8-10(13(16)17)6-7-11(12)14/h6-8H,4-5H2,1-3H3/p+1. The monoisotopic (exact) mass is 233 g/mol. The van der Waals surface area contributed by atoms with E-state index in [-0.39, 0.29) is 0 Å². The van der Waals surface area contributed by atoms with Crippen molar-refractivity contribution in [2.24, 2.45) is 0 Å². The molecule has 0 amide bonds. The van der Waals surface area contributed by atoms with Crippen LogP contribution in [0.2, 0.25) is 0 Å². The number of rotatable bonds is 3. The average Bonchev–Trinajstić information content (AvgIpc) is 2.58. The Morgan fingerprint density at radius 3 is 2.65 bits per heavy atom. The van der Waals surface area contributed by atoms with E-state index < -0.39 is 5.97 Å². The third kappa shape index (κ3) is 1.69. The first-order valence-electron chi connectivity index (χ1n) is 5.86. The van der Waals surface area contributed by atoms with Crippen LogP contribution >= 0.6 is 0 Å². The third-order valence-electron chi connectivity index (χ3n) is 3.22. The maximum atomic E-state index is 11.0. The van der Waals surface area contributed by atoms with Crippen LogP contribution in [0, 0.1) is 6.92 Å². The SMILES string of the molecule is CCn1c(C)[n+](CC)c2ccc(C(=O)O)cc21. The van der Waals surface area contributed by atoms with Gasteiger partial charge in [-0.3, -0.25) is 0 Å². The Hall–Kier alpha value is -1.84. The lowest BCUT2D eigenvalue weighted by atomic mass is 10.2. The smallest absolute Gasteiger partial charge is 0.335 e. The van der Waals surface area contributed by atoms with Crippen LogP contribution in [-0.2, 0) is 13.1 Å². The van der Waals surface area contributed by atoms with Gasteiger partial charge in [0.1, 0.15) is 0 Å². The van der Waals surface area contributed by atoms with Crippen molar-refractivity contribution in [3.8, 4) is 0 Å². The predicted octanol–water partition coefficient (Wildman–Crippen LogP) is 1.98. The van der Waals surface area contributed by atoms with Crippen molar-refractivity contribution in [1.82, 2.24) is 4.57 Å². The lowest BCUT2D eigenvalue weighted by Gasteiger charge is -1.95. The summed E-state index contributed by atoms with van der Waals surface area (Å²) < 4.78 is 4.34. The molecule has 0 aliphatic carbocycles. The molecule has 0 aliphatic rings. The van der Waals surface area contributed by atoms with Crippen LogP contribution in [0.3, 0.4) is 0 Å². The van der Waals surface area contributed by atoms with Gasteiger partial charge in [-0.05, 0) is 26.0 Å². The molecule has 0 bridgehead atoms. The summed E-state index contributed by atoms with van der Waals surface area (Å²) in [5, 5.41) is 9.03. The zero-order valence-electron chi connectivity index (χ0n) is 10.4. The van der Waals surface area contributed by atoms with E-state index in [9.17, 15) is 4.79 Å². The highest BCUT2D eigenvalue weighted by molar-refractivity contribution is 5.91. The lowest BCUT2D eigenvalue weighted by molar-refractivity contribution is -0.674. The number of aromatic carboxylic acids is 1. The van der Waals surface area contributed by atoms with E-state index in [1.165, 1.54) is 0 Å². The molecule has 0 saturated heterocycles. The topological polar surface area (TPSA) is 46.1 Å². The summed E-state index contributed by atoms with van der Waals surface area (Å²) in [5.41, 5.74) is 2.43. The largest absolute Gasteiger partial charge is 0.478 e. The molecule has 1 N–H and O–H groups in total. The van der Waals surface area contributed by atoms with Gasteiger partial charge < -0.3 is 5.11 Å². The molecule has 17 heavy (non-hydrogen) atoms. The number of imidazole rings is 1. The molecule has 0 aliphatic heterocycles.